The van der Waals surface area contributed by atoms with E-state index in [2.05, 4.69) is 15.1 Å². The minimum absolute atomic E-state index is 0.0413. The lowest BCUT2D eigenvalue weighted by atomic mass is 9.97. The Morgan fingerprint density at radius 3 is 2.39 bits per heavy atom. The summed E-state index contributed by atoms with van der Waals surface area (Å²) in [5.41, 5.74) is 2.17. The smallest absolute Gasteiger partial charge is 0.335 e. The van der Waals surface area contributed by atoms with E-state index in [0.29, 0.717) is 18.0 Å². The van der Waals surface area contributed by atoms with Gasteiger partial charge in [0.05, 0.1) is 12.1 Å². The van der Waals surface area contributed by atoms with Crippen molar-refractivity contribution in [3.05, 3.63) is 90.0 Å². The van der Waals surface area contributed by atoms with Gasteiger partial charge in [0.1, 0.15) is 11.5 Å². The number of hydrogen-bond donors (Lipinski definition) is 2. The van der Waals surface area contributed by atoms with Crippen LogP contribution in [0.3, 0.4) is 0 Å². The number of carboxylic acids is 1. The third-order valence-electron chi connectivity index (χ3n) is 6.31. The summed E-state index contributed by atoms with van der Waals surface area (Å²) in [4.78, 5) is 28.1. The van der Waals surface area contributed by atoms with E-state index in [1.807, 2.05) is 73.8 Å². The van der Waals surface area contributed by atoms with Crippen LogP contribution in [0.25, 0.3) is 0 Å². The number of carbonyl (C=O) groups is 2. The topological polar surface area (TPSA) is 82.1 Å². The number of aromatic carboxylic acids is 1. The van der Waals surface area contributed by atoms with Gasteiger partial charge in [0.2, 0.25) is 5.91 Å². The average molecular weight is 488 g/mol. The molecule has 7 nitrogen and oxygen atoms in total. The largest absolute Gasteiger partial charge is 0.478 e. The van der Waals surface area contributed by atoms with Crippen LogP contribution in [0.15, 0.2) is 78.9 Å². The van der Waals surface area contributed by atoms with Crippen molar-refractivity contribution in [2.24, 2.45) is 5.92 Å². The number of anilines is 1. The summed E-state index contributed by atoms with van der Waals surface area (Å²) in [6.07, 6.45) is 2.26. The van der Waals surface area contributed by atoms with Gasteiger partial charge >= 0.3 is 5.97 Å². The van der Waals surface area contributed by atoms with Crippen molar-refractivity contribution < 1.29 is 19.4 Å². The van der Waals surface area contributed by atoms with Crippen molar-refractivity contribution in [3.8, 4) is 11.5 Å². The van der Waals surface area contributed by atoms with E-state index < -0.39 is 5.97 Å². The molecule has 1 heterocycles. The van der Waals surface area contributed by atoms with Crippen molar-refractivity contribution >= 4 is 17.6 Å². The van der Waals surface area contributed by atoms with Gasteiger partial charge in [0.25, 0.3) is 0 Å². The number of nitrogens with zero attached hydrogens (tertiary/aromatic N) is 2. The fraction of sp³-hybridized carbons (Fsp3) is 0.310. The van der Waals surface area contributed by atoms with Gasteiger partial charge in [-0.05, 0) is 86.4 Å². The quantitative estimate of drug-likeness (QED) is 0.421. The zero-order valence-corrected chi connectivity index (χ0v) is 20.6. The molecule has 1 aliphatic rings. The van der Waals surface area contributed by atoms with Crippen LogP contribution in [0.4, 0.5) is 5.69 Å². The van der Waals surface area contributed by atoms with Crippen molar-refractivity contribution in [3.63, 3.8) is 0 Å². The van der Waals surface area contributed by atoms with Crippen LogP contribution in [-0.4, -0.2) is 60.0 Å². The summed E-state index contributed by atoms with van der Waals surface area (Å²) in [6, 6.07) is 24.1. The monoisotopic (exact) mass is 487 g/mol. The summed E-state index contributed by atoms with van der Waals surface area (Å²) in [6.45, 7) is 3.99. The molecule has 0 bridgehead atoms. The first kappa shape index (κ1) is 25.4. The second kappa shape index (κ2) is 12.3. The minimum atomic E-state index is -0.902. The number of para-hydroxylation sites is 1. The predicted molar refractivity (Wildman–Crippen MR) is 140 cm³/mol. The highest BCUT2D eigenvalue weighted by atomic mass is 16.5. The molecule has 36 heavy (non-hydrogen) atoms. The van der Waals surface area contributed by atoms with Gasteiger partial charge < -0.3 is 15.2 Å². The zero-order valence-electron chi connectivity index (χ0n) is 20.6. The highest BCUT2D eigenvalue weighted by Crippen LogP contribution is 2.23. The minimum Gasteiger partial charge on any atom is -0.478 e. The van der Waals surface area contributed by atoms with Crippen molar-refractivity contribution in [2.45, 2.75) is 19.4 Å². The Morgan fingerprint density at radius 1 is 1.00 bits per heavy atom. The Balaban J connectivity index is 1.20. The molecule has 0 aromatic heterocycles. The molecule has 0 spiro atoms. The third-order valence-corrected chi connectivity index (χ3v) is 6.31. The standard InChI is InChI=1S/C29H33N3O4/c1-31(18-23-6-5-17-32(20-23)19-22-9-11-24(12-10-22)29(34)35)21-28(33)30-25-13-15-27(16-14-25)36-26-7-3-2-4-8-26/h2-4,7-16,23H,5-6,17-21H2,1H3,(H,30,33)(H,34,35). The maximum Gasteiger partial charge on any atom is 0.335 e. The molecular weight excluding hydrogens is 454 g/mol. The first-order valence-corrected chi connectivity index (χ1v) is 12.3. The molecule has 1 atom stereocenters. The number of carboxylic acid groups (broad SMARTS) is 1. The Morgan fingerprint density at radius 2 is 1.69 bits per heavy atom. The molecule has 4 rings (SSSR count). The number of piperidine rings is 1. The number of ether oxygens (including phenoxy) is 1. The highest BCUT2D eigenvalue weighted by Gasteiger charge is 2.22. The number of hydrogen-bond acceptors (Lipinski definition) is 5. The maximum absolute atomic E-state index is 12.6. The lowest BCUT2D eigenvalue weighted by molar-refractivity contribution is -0.117. The molecule has 0 aliphatic carbocycles. The van der Waals surface area contributed by atoms with E-state index in [4.69, 9.17) is 9.84 Å². The maximum atomic E-state index is 12.6. The first-order chi connectivity index (χ1) is 17.4. The highest BCUT2D eigenvalue weighted by molar-refractivity contribution is 5.92. The molecule has 7 heteroatoms. The molecule has 2 N–H and O–H groups in total. The van der Waals surface area contributed by atoms with E-state index in [-0.39, 0.29) is 5.91 Å². The molecule has 1 fully saturated rings. The van der Waals surface area contributed by atoms with E-state index >= 15 is 0 Å². The molecule has 3 aromatic rings. The molecule has 1 aliphatic heterocycles. The van der Waals surface area contributed by atoms with Gasteiger partial charge in [0.15, 0.2) is 0 Å². The van der Waals surface area contributed by atoms with Gasteiger partial charge in [0, 0.05) is 25.3 Å². The molecule has 0 radical (unpaired) electrons. The summed E-state index contributed by atoms with van der Waals surface area (Å²) in [7, 11) is 1.99. The number of amides is 1. The number of likely N-dealkylation sites (N-methyl/N-ethyl adjacent to an activating group) is 1. The summed E-state index contributed by atoms with van der Waals surface area (Å²) >= 11 is 0. The van der Waals surface area contributed by atoms with Gasteiger partial charge in [-0.15, -0.1) is 0 Å². The van der Waals surface area contributed by atoms with Crippen LogP contribution >= 0.6 is 0 Å². The van der Waals surface area contributed by atoms with Crippen molar-refractivity contribution in [1.82, 2.24) is 9.80 Å². The van der Waals surface area contributed by atoms with E-state index in [1.165, 1.54) is 0 Å². The molecule has 188 valence electrons. The lowest BCUT2D eigenvalue weighted by Crippen LogP contribution is -2.41. The Kier molecular flexibility index (Phi) is 8.71. The van der Waals surface area contributed by atoms with Gasteiger partial charge in [-0.25, -0.2) is 4.79 Å². The fourth-order valence-corrected chi connectivity index (χ4v) is 4.64. The molecule has 1 unspecified atom stereocenters. The van der Waals surface area contributed by atoms with E-state index in [0.717, 1.165) is 61.8 Å². The number of benzene rings is 3. The summed E-state index contributed by atoms with van der Waals surface area (Å²) in [5.74, 6) is 1.04. The molecule has 1 saturated heterocycles. The molecule has 1 amide bonds. The van der Waals surface area contributed by atoms with Crippen LogP contribution < -0.4 is 10.1 Å². The third kappa shape index (κ3) is 7.66. The zero-order chi connectivity index (χ0) is 25.3. The fourth-order valence-electron chi connectivity index (χ4n) is 4.64. The average Bonchev–Trinajstić information content (AvgIpc) is 2.86. The Hall–Kier alpha value is -3.68. The summed E-state index contributed by atoms with van der Waals surface area (Å²) in [5, 5.41) is 12.0. The van der Waals surface area contributed by atoms with Crippen LogP contribution in [-0.2, 0) is 11.3 Å². The van der Waals surface area contributed by atoms with E-state index in [1.54, 1.807) is 12.1 Å². The number of likely N-dealkylation sites (tertiary alicyclic amines) is 1. The normalized spacial score (nSPS) is 16.0. The van der Waals surface area contributed by atoms with Crippen LogP contribution in [0.2, 0.25) is 0 Å². The van der Waals surface area contributed by atoms with Crippen molar-refractivity contribution in [2.75, 3.05) is 38.5 Å². The molecule has 3 aromatic carbocycles. The van der Waals surface area contributed by atoms with Crippen molar-refractivity contribution in [1.29, 1.82) is 0 Å². The van der Waals surface area contributed by atoms with Crippen LogP contribution in [0.5, 0.6) is 11.5 Å². The van der Waals surface area contributed by atoms with E-state index in [9.17, 15) is 9.59 Å². The lowest BCUT2D eigenvalue weighted by Gasteiger charge is -2.34. The second-order valence-corrected chi connectivity index (χ2v) is 9.43. The Bertz CT molecular complexity index is 1130. The SMILES string of the molecule is CN(CC(=O)Nc1ccc(Oc2ccccc2)cc1)CC1CCCN(Cc2ccc(C(=O)O)cc2)C1. The predicted octanol–water partition coefficient (Wildman–Crippen LogP) is 4.96. The van der Waals surface area contributed by atoms with Gasteiger partial charge in [-0.1, -0.05) is 30.3 Å². The van der Waals surface area contributed by atoms with Crippen LogP contribution in [0.1, 0.15) is 28.8 Å². The first-order valence-electron chi connectivity index (χ1n) is 12.3. The van der Waals surface area contributed by atoms with Gasteiger partial charge in [-0.2, -0.15) is 0 Å². The molecular formula is C29H33N3O4. The Labute approximate surface area is 212 Å². The second-order valence-electron chi connectivity index (χ2n) is 9.43. The van der Waals surface area contributed by atoms with Crippen LogP contribution in [0, 0.1) is 5.92 Å². The number of carbonyl (C=O) groups excluding carboxylic acids is 1. The number of rotatable bonds is 10. The number of nitrogens with one attached hydrogen (secondary N) is 1. The molecule has 0 saturated carbocycles. The summed E-state index contributed by atoms with van der Waals surface area (Å²) < 4.78 is 5.80. The van der Waals surface area contributed by atoms with Gasteiger partial charge in [-0.3, -0.25) is 14.6 Å².